The summed E-state index contributed by atoms with van der Waals surface area (Å²) in [5, 5.41) is 0. The molecule has 2 heterocycles. The lowest BCUT2D eigenvalue weighted by molar-refractivity contribution is -0.138. The van der Waals surface area contributed by atoms with Gasteiger partial charge in [-0.15, -0.1) is 0 Å². The minimum Gasteiger partial charge on any atom is -0.340 e. The second-order valence-corrected chi connectivity index (χ2v) is 9.71. The van der Waals surface area contributed by atoms with Crippen LogP contribution < -0.4 is 0 Å². The molecule has 8 heteroatoms. The smallest absolute Gasteiger partial charge is 0.236 e. The molecule has 2 rings (SSSR count). The first-order valence-corrected chi connectivity index (χ1v) is 11.2. The van der Waals surface area contributed by atoms with Crippen LogP contribution in [-0.2, 0) is 19.4 Å². The van der Waals surface area contributed by atoms with Gasteiger partial charge in [0, 0.05) is 50.9 Å². The average molecular weight is 374 g/mol. The van der Waals surface area contributed by atoms with E-state index in [1.54, 1.807) is 11.8 Å². The van der Waals surface area contributed by atoms with Crippen molar-refractivity contribution < 1.29 is 18.0 Å². The Hall–Kier alpha value is -1.15. The number of likely N-dealkylation sites (tertiary alicyclic amines) is 1. The van der Waals surface area contributed by atoms with Gasteiger partial charge < -0.3 is 9.80 Å². The summed E-state index contributed by atoms with van der Waals surface area (Å²) in [6.45, 7) is 7.45. The van der Waals surface area contributed by atoms with Crippen LogP contribution in [0.2, 0.25) is 0 Å². The maximum atomic E-state index is 12.5. The van der Waals surface area contributed by atoms with E-state index < -0.39 is 15.8 Å². The van der Waals surface area contributed by atoms with E-state index in [0.717, 1.165) is 25.6 Å². The highest BCUT2D eigenvalue weighted by Gasteiger charge is 2.29. The number of rotatable bonds is 5. The molecule has 0 N–H and O–H groups in total. The molecule has 25 heavy (non-hydrogen) atoms. The predicted octanol–water partition coefficient (Wildman–Crippen LogP) is 0.212. The van der Waals surface area contributed by atoms with Gasteiger partial charge in [-0.05, 0) is 26.2 Å². The molecule has 0 aliphatic carbocycles. The number of hydrogen-bond acceptors (Lipinski definition) is 5. The molecule has 0 radical (unpaired) electrons. The Kier molecular flexibility index (Phi) is 6.85. The van der Waals surface area contributed by atoms with Gasteiger partial charge >= 0.3 is 0 Å². The lowest BCUT2D eigenvalue weighted by Crippen LogP contribution is -2.54. The second-order valence-electron chi connectivity index (χ2n) is 7.53. The Morgan fingerprint density at radius 2 is 1.72 bits per heavy atom. The molecule has 0 bridgehead atoms. The topological polar surface area (TPSA) is 78.0 Å². The van der Waals surface area contributed by atoms with Crippen LogP contribution in [0.1, 0.15) is 33.1 Å². The Morgan fingerprint density at radius 1 is 1.08 bits per heavy atom. The summed E-state index contributed by atoms with van der Waals surface area (Å²) in [6.07, 6.45) is 4.50. The standard InChI is InChI=1S/C17H31N3O4S/c1-14(13-25(3,23)24)17(22)19-10-8-18(9-11-19)12-16(21)20-7-5-4-6-15(20)2/h14-15H,4-13H2,1-3H3/t14-,15+/m0/s1. The van der Waals surface area contributed by atoms with E-state index in [4.69, 9.17) is 0 Å². The van der Waals surface area contributed by atoms with E-state index in [-0.39, 0.29) is 17.6 Å². The zero-order chi connectivity index (χ0) is 18.6. The summed E-state index contributed by atoms with van der Waals surface area (Å²) in [5.41, 5.74) is 0. The number of piperidine rings is 1. The summed E-state index contributed by atoms with van der Waals surface area (Å²) >= 11 is 0. The van der Waals surface area contributed by atoms with E-state index in [1.807, 2.05) is 4.90 Å². The van der Waals surface area contributed by atoms with Crippen molar-refractivity contribution in [1.82, 2.24) is 14.7 Å². The molecular weight excluding hydrogens is 342 g/mol. The molecule has 0 aromatic rings. The minimum absolute atomic E-state index is 0.110. The van der Waals surface area contributed by atoms with Crippen molar-refractivity contribution in [3.8, 4) is 0 Å². The van der Waals surface area contributed by atoms with Crippen molar-refractivity contribution >= 4 is 21.7 Å². The lowest BCUT2D eigenvalue weighted by Gasteiger charge is -2.38. The Bertz CT molecular complexity index is 585. The van der Waals surface area contributed by atoms with E-state index >= 15 is 0 Å². The number of hydrogen-bond donors (Lipinski definition) is 0. The van der Waals surface area contributed by atoms with Crippen molar-refractivity contribution in [1.29, 1.82) is 0 Å². The SMILES string of the molecule is C[C@@H]1CCCCN1C(=O)CN1CCN(C(=O)[C@@H](C)CS(C)(=O)=O)CC1. The molecule has 2 atom stereocenters. The van der Waals surface area contributed by atoms with E-state index in [2.05, 4.69) is 11.8 Å². The van der Waals surface area contributed by atoms with Gasteiger partial charge in [-0.2, -0.15) is 0 Å². The van der Waals surface area contributed by atoms with Crippen LogP contribution in [0.4, 0.5) is 0 Å². The van der Waals surface area contributed by atoms with Gasteiger partial charge in [0.05, 0.1) is 12.3 Å². The summed E-state index contributed by atoms with van der Waals surface area (Å²) in [5.74, 6) is -0.562. The number of amides is 2. The minimum atomic E-state index is -3.16. The summed E-state index contributed by atoms with van der Waals surface area (Å²) < 4.78 is 22.7. The van der Waals surface area contributed by atoms with Crippen molar-refractivity contribution in [3.63, 3.8) is 0 Å². The van der Waals surface area contributed by atoms with Crippen molar-refractivity contribution in [2.24, 2.45) is 5.92 Å². The molecule has 2 aliphatic heterocycles. The molecule has 0 unspecified atom stereocenters. The largest absolute Gasteiger partial charge is 0.340 e. The molecule has 2 aliphatic rings. The van der Waals surface area contributed by atoms with Crippen LogP contribution in [-0.4, -0.2) is 92.3 Å². The molecule has 0 aromatic heterocycles. The number of carbonyl (C=O) groups excluding carboxylic acids is 2. The normalized spacial score (nSPS) is 24.2. The summed E-state index contributed by atoms with van der Waals surface area (Å²) in [6, 6.07) is 0.320. The van der Waals surface area contributed by atoms with E-state index in [1.165, 1.54) is 6.42 Å². The Balaban J connectivity index is 1.79. The lowest BCUT2D eigenvalue weighted by atomic mass is 10.0. The van der Waals surface area contributed by atoms with Crippen LogP contribution in [0.3, 0.4) is 0 Å². The van der Waals surface area contributed by atoms with Crippen molar-refractivity contribution in [2.75, 3.05) is 51.3 Å². The fourth-order valence-corrected chi connectivity index (χ4v) is 4.77. The summed E-state index contributed by atoms with van der Waals surface area (Å²) in [7, 11) is -3.16. The van der Waals surface area contributed by atoms with Crippen LogP contribution in [0.5, 0.6) is 0 Å². The highest BCUT2D eigenvalue weighted by Crippen LogP contribution is 2.17. The quantitative estimate of drug-likeness (QED) is 0.689. The van der Waals surface area contributed by atoms with Gasteiger partial charge in [0.1, 0.15) is 9.84 Å². The zero-order valence-corrected chi connectivity index (χ0v) is 16.4. The molecule has 0 aromatic carbocycles. The Labute approximate surface area is 151 Å². The first kappa shape index (κ1) is 20.2. The van der Waals surface area contributed by atoms with Crippen molar-refractivity contribution in [3.05, 3.63) is 0 Å². The zero-order valence-electron chi connectivity index (χ0n) is 15.6. The van der Waals surface area contributed by atoms with Crippen LogP contribution in [0, 0.1) is 5.92 Å². The molecule has 2 amide bonds. The van der Waals surface area contributed by atoms with Gasteiger partial charge in [0.25, 0.3) is 0 Å². The van der Waals surface area contributed by atoms with E-state index in [9.17, 15) is 18.0 Å². The first-order chi connectivity index (χ1) is 11.7. The molecule has 144 valence electrons. The highest BCUT2D eigenvalue weighted by atomic mass is 32.2. The van der Waals surface area contributed by atoms with Gasteiger partial charge in [-0.25, -0.2) is 8.42 Å². The third kappa shape index (κ3) is 5.95. The molecule has 7 nitrogen and oxygen atoms in total. The van der Waals surface area contributed by atoms with Crippen molar-refractivity contribution in [2.45, 2.75) is 39.2 Å². The van der Waals surface area contributed by atoms with Crippen LogP contribution >= 0.6 is 0 Å². The van der Waals surface area contributed by atoms with Crippen LogP contribution in [0.15, 0.2) is 0 Å². The fourth-order valence-electron chi connectivity index (χ4n) is 3.71. The highest BCUT2D eigenvalue weighted by molar-refractivity contribution is 7.90. The molecule has 2 saturated heterocycles. The van der Waals surface area contributed by atoms with Gasteiger partial charge in [0.2, 0.25) is 11.8 Å². The molecular formula is C17H31N3O4S. The molecule has 0 saturated carbocycles. The number of sulfone groups is 1. The maximum Gasteiger partial charge on any atom is 0.236 e. The molecule has 0 spiro atoms. The van der Waals surface area contributed by atoms with Gasteiger partial charge in [-0.3, -0.25) is 14.5 Å². The fraction of sp³-hybridized carbons (Fsp3) is 0.882. The van der Waals surface area contributed by atoms with E-state index in [0.29, 0.717) is 38.8 Å². The predicted molar refractivity (Wildman–Crippen MR) is 96.9 cm³/mol. The first-order valence-electron chi connectivity index (χ1n) is 9.15. The maximum absolute atomic E-state index is 12.5. The molecule has 2 fully saturated rings. The van der Waals surface area contributed by atoms with Gasteiger partial charge in [0.15, 0.2) is 0 Å². The monoisotopic (exact) mass is 373 g/mol. The number of nitrogens with zero attached hydrogens (tertiary/aromatic N) is 3. The van der Waals surface area contributed by atoms with Crippen LogP contribution in [0.25, 0.3) is 0 Å². The number of piperazine rings is 1. The third-order valence-corrected chi connectivity index (χ3v) is 6.25. The summed E-state index contributed by atoms with van der Waals surface area (Å²) in [4.78, 5) is 30.7. The number of carbonyl (C=O) groups is 2. The second kappa shape index (κ2) is 8.49. The third-order valence-electron chi connectivity index (χ3n) is 5.14. The van der Waals surface area contributed by atoms with Gasteiger partial charge in [-0.1, -0.05) is 6.92 Å². The average Bonchev–Trinajstić information content (AvgIpc) is 2.53. The Morgan fingerprint density at radius 3 is 2.28 bits per heavy atom.